The molecule has 0 saturated heterocycles. The third-order valence-electron chi connectivity index (χ3n) is 5.95. The number of rotatable bonds is 2. The van der Waals surface area contributed by atoms with Gasteiger partial charge in [-0.15, -0.1) is 0 Å². The molecule has 2 rings (SSSR count). The highest BCUT2D eigenvalue weighted by Crippen LogP contribution is 2.54. The highest BCUT2D eigenvalue weighted by atomic mass is 16.3. The summed E-state index contributed by atoms with van der Waals surface area (Å²) in [4.78, 5) is 0. The second kappa shape index (κ2) is 4.34. The number of fused-ring (bicyclic) bond motifs is 1. The van der Waals surface area contributed by atoms with Crippen LogP contribution in [0.2, 0.25) is 0 Å². The predicted octanol–water partition coefficient (Wildman–Crippen LogP) is 4.54. The summed E-state index contributed by atoms with van der Waals surface area (Å²) in [5.41, 5.74) is 1.98. The monoisotopic (exact) mass is 260 g/mol. The van der Waals surface area contributed by atoms with Crippen molar-refractivity contribution in [1.29, 1.82) is 0 Å². The molecule has 0 bridgehead atoms. The van der Waals surface area contributed by atoms with Gasteiger partial charge in [0.15, 0.2) is 0 Å². The minimum Gasteiger partial charge on any atom is -0.389 e. The predicted molar refractivity (Wildman–Crippen MR) is 81.4 cm³/mol. The Morgan fingerprint density at radius 2 is 1.58 bits per heavy atom. The van der Waals surface area contributed by atoms with Gasteiger partial charge in [-0.05, 0) is 41.7 Å². The van der Waals surface area contributed by atoms with Crippen molar-refractivity contribution < 1.29 is 5.11 Å². The van der Waals surface area contributed by atoms with Crippen molar-refractivity contribution in [1.82, 2.24) is 0 Å². The van der Waals surface area contributed by atoms with Gasteiger partial charge >= 0.3 is 0 Å². The van der Waals surface area contributed by atoms with Crippen LogP contribution in [0.3, 0.4) is 0 Å². The molecule has 2 unspecified atom stereocenters. The van der Waals surface area contributed by atoms with Crippen LogP contribution < -0.4 is 0 Å². The molecular weight excluding hydrogens is 232 g/mol. The second-order valence-electron chi connectivity index (χ2n) is 7.81. The standard InChI is InChI=1S/C18H28O/c1-16(2,3)17(4,5)18(6,19)15-12-11-13-9-7-8-10-14(13)15/h7-10,15,19H,11-12H2,1-6H3. The van der Waals surface area contributed by atoms with Crippen molar-refractivity contribution in [2.75, 3.05) is 0 Å². The molecule has 1 aromatic rings. The zero-order valence-corrected chi connectivity index (χ0v) is 13.2. The quantitative estimate of drug-likeness (QED) is 0.827. The van der Waals surface area contributed by atoms with Crippen LogP contribution >= 0.6 is 0 Å². The van der Waals surface area contributed by atoms with Gasteiger partial charge in [0.1, 0.15) is 0 Å². The molecule has 1 aliphatic carbocycles. The van der Waals surface area contributed by atoms with E-state index >= 15 is 0 Å². The highest BCUT2D eigenvalue weighted by Gasteiger charge is 2.52. The number of hydrogen-bond donors (Lipinski definition) is 1. The molecule has 1 aromatic carbocycles. The van der Waals surface area contributed by atoms with Crippen molar-refractivity contribution in [3.8, 4) is 0 Å². The maximum atomic E-state index is 11.3. The van der Waals surface area contributed by atoms with Gasteiger partial charge in [-0.3, -0.25) is 0 Å². The molecule has 1 aliphatic rings. The lowest BCUT2D eigenvalue weighted by Crippen LogP contribution is -2.53. The Hall–Kier alpha value is -0.820. The first-order valence-corrected chi connectivity index (χ1v) is 7.39. The summed E-state index contributed by atoms with van der Waals surface area (Å²) in [6.07, 6.45) is 2.16. The minimum atomic E-state index is -0.697. The average Bonchev–Trinajstić information content (AvgIpc) is 2.71. The third kappa shape index (κ3) is 2.12. The molecule has 106 valence electrons. The van der Waals surface area contributed by atoms with Crippen LogP contribution in [0.5, 0.6) is 0 Å². The SMILES string of the molecule is CC(C)(C)C(C)(C)C(C)(O)C1CCc2ccccc21. The maximum absolute atomic E-state index is 11.3. The van der Waals surface area contributed by atoms with Crippen LogP contribution in [0.15, 0.2) is 24.3 Å². The van der Waals surface area contributed by atoms with Gasteiger partial charge in [-0.2, -0.15) is 0 Å². The van der Waals surface area contributed by atoms with Crippen LogP contribution in [-0.2, 0) is 6.42 Å². The largest absolute Gasteiger partial charge is 0.389 e. The summed E-state index contributed by atoms with van der Waals surface area (Å²) in [5.74, 6) is 0.248. The normalized spacial score (nSPS) is 23.0. The lowest BCUT2D eigenvalue weighted by Gasteiger charge is -2.52. The molecule has 2 atom stereocenters. The van der Waals surface area contributed by atoms with E-state index in [4.69, 9.17) is 0 Å². The molecule has 0 heterocycles. The number of benzene rings is 1. The molecule has 0 spiro atoms. The topological polar surface area (TPSA) is 20.2 Å². The molecule has 1 N–H and O–H groups in total. The molecular formula is C18H28O. The van der Waals surface area contributed by atoms with Crippen LogP contribution in [0.1, 0.15) is 65.0 Å². The van der Waals surface area contributed by atoms with E-state index in [9.17, 15) is 5.11 Å². The van der Waals surface area contributed by atoms with Crippen LogP contribution in [0, 0.1) is 10.8 Å². The Balaban J connectivity index is 2.42. The first-order valence-electron chi connectivity index (χ1n) is 7.39. The highest BCUT2D eigenvalue weighted by molar-refractivity contribution is 5.37. The summed E-state index contributed by atoms with van der Waals surface area (Å²) in [7, 11) is 0. The minimum absolute atomic E-state index is 0.0635. The molecule has 0 fully saturated rings. The van der Waals surface area contributed by atoms with Crippen LogP contribution in [0.25, 0.3) is 0 Å². The average molecular weight is 260 g/mol. The lowest BCUT2D eigenvalue weighted by molar-refractivity contribution is -0.124. The zero-order chi connectivity index (χ0) is 14.5. The van der Waals surface area contributed by atoms with Gasteiger partial charge in [0, 0.05) is 5.92 Å². The Bertz CT molecular complexity index is 463. The molecule has 1 nitrogen and oxygen atoms in total. The number of aliphatic hydroxyl groups is 1. The second-order valence-corrected chi connectivity index (χ2v) is 7.81. The van der Waals surface area contributed by atoms with E-state index < -0.39 is 5.60 Å². The van der Waals surface area contributed by atoms with E-state index in [0.29, 0.717) is 0 Å². The van der Waals surface area contributed by atoms with Gasteiger partial charge in [0.05, 0.1) is 5.60 Å². The van der Waals surface area contributed by atoms with Crippen molar-refractivity contribution in [3.63, 3.8) is 0 Å². The van der Waals surface area contributed by atoms with Crippen LogP contribution in [0.4, 0.5) is 0 Å². The fourth-order valence-electron chi connectivity index (χ4n) is 3.34. The molecule has 0 aromatic heterocycles. The molecule has 0 aliphatic heterocycles. The van der Waals surface area contributed by atoms with E-state index in [1.54, 1.807) is 0 Å². The van der Waals surface area contributed by atoms with Gasteiger partial charge in [-0.1, -0.05) is 58.9 Å². The van der Waals surface area contributed by atoms with Gasteiger partial charge in [0.25, 0.3) is 0 Å². The van der Waals surface area contributed by atoms with E-state index in [-0.39, 0.29) is 16.7 Å². The fraction of sp³-hybridized carbons (Fsp3) is 0.667. The van der Waals surface area contributed by atoms with Crippen molar-refractivity contribution in [2.45, 2.75) is 65.9 Å². The summed E-state index contributed by atoms with van der Waals surface area (Å²) in [6.45, 7) is 13.1. The fourth-order valence-corrected chi connectivity index (χ4v) is 3.34. The number of hydrogen-bond acceptors (Lipinski definition) is 1. The summed E-state index contributed by atoms with van der Waals surface area (Å²) >= 11 is 0. The summed E-state index contributed by atoms with van der Waals surface area (Å²) in [6, 6.07) is 8.60. The summed E-state index contributed by atoms with van der Waals surface area (Å²) in [5, 5.41) is 11.3. The van der Waals surface area contributed by atoms with Crippen molar-refractivity contribution >= 4 is 0 Å². The first kappa shape index (κ1) is 14.6. The van der Waals surface area contributed by atoms with E-state index in [0.717, 1.165) is 12.8 Å². The first-order chi connectivity index (χ1) is 8.59. The molecule has 0 saturated carbocycles. The Labute approximate surface area is 118 Å². The van der Waals surface area contributed by atoms with Gasteiger partial charge in [0.2, 0.25) is 0 Å². The Morgan fingerprint density at radius 1 is 1.00 bits per heavy atom. The lowest BCUT2D eigenvalue weighted by atomic mass is 9.56. The Morgan fingerprint density at radius 3 is 2.16 bits per heavy atom. The van der Waals surface area contributed by atoms with Gasteiger partial charge in [-0.25, -0.2) is 0 Å². The maximum Gasteiger partial charge on any atom is 0.0743 e. The third-order valence-corrected chi connectivity index (χ3v) is 5.95. The van der Waals surface area contributed by atoms with Gasteiger partial charge < -0.3 is 5.11 Å². The van der Waals surface area contributed by atoms with Crippen LogP contribution in [-0.4, -0.2) is 10.7 Å². The zero-order valence-electron chi connectivity index (χ0n) is 13.2. The Kier molecular flexibility index (Phi) is 3.33. The van der Waals surface area contributed by atoms with E-state index in [1.807, 2.05) is 6.92 Å². The summed E-state index contributed by atoms with van der Waals surface area (Å²) < 4.78 is 0. The molecule has 19 heavy (non-hydrogen) atoms. The van der Waals surface area contributed by atoms with E-state index in [2.05, 4.69) is 58.9 Å². The van der Waals surface area contributed by atoms with Crippen molar-refractivity contribution in [3.05, 3.63) is 35.4 Å². The molecule has 0 amide bonds. The van der Waals surface area contributed by atoms with E-state index in [1.165, 1.54) is 11.1 Å². The van der Waals surface area contributed by atoms with Crippen molar-refractivity contribution in [2.24, 2.45) is 10.8 Å². The molecule has 0 radical (unpaired) electrons. The molecule has 1 heteroatoms. The smallest absolute Gasteiger partial charge is 0.0743 e. The number of aryl methyl sites for hydroxylation is 1.